The lowest BCUT2D eigenvalue weighted by Gasteiger charge is -2.01. The van der Waals surface area contributed by atoms with Gasteiger partial charge in [-0.25, -0.2) is 9.55 Å². The minimum atomic E-state index is 0.870. The van der Waals surface area contributed by atoms with Gasteiger partial charge in [0.1, 0.15) is 12.2 Å². The molecule has 0 saturated heterocycles. The van der Waals surface area contributed by atoms with Crippen LogP contribution in [0.4, 0.5) is 0 Å². The maximum absolute atomic E-state index is 4.69. The van der Waals surface area contributed by atoms with E-state index in [1.807, 2.05) is 24.7 Å². The van der Waals surface area contributed by atoms with Gasteiger partial charge < -0.3 is 0 Å². The zero-order valence-corrected chi connectivity index (χ0v) is 14.1. The molecule has 118 valence electrons. The predicted octanol–water partition coefficient (Wildman–Crippen LogP) is 3.95. The fraction of sp³-hybridized carbons (Fsp3) is 0.0500. The van der Waals surface area contributed by atoms with Crippen molar-refractivity contribution in [2.45, 2.75) is 6.54 Å². The molecule has 0 unspecified atom stereocenters. The molecule has 0 atom stereocenters. The number of nitrogens with zero attached hydrogens (tertiary/aromatic N) is 4. The molecule has 5 heteroatoms. The van der Waals surface area contributed by atoms with Crippen LogP contribution in [0.2, 0.25) is 0 Å². The van der Waals surface area contributed by atoms with Gasteiger partial charge in [0.2, 0.25) is 4.83 Å². The highest BCUT2D eigenvalue weighted by molar-refractivity contribution is 7.25. The van der Waals surface area contributed by atoms with Crippen molar-refractivity contribution in [3.63, 3.8) is 0 Å². The summed E-state index contributed by atoms with van der Waals surface area (Å²) in [6.45, 7) is 0.870. The van der Waals surface area contributed by atoms with Gasteiger partial charge in [0.25, 0.3) is 0 Å². The summed E-state index contributed by atoms with van der Waals surface area (Å²) in [6.07, 6.45) is 5.72. The summed E-state index contributed by atoms with van der Waals surface area (Å²) < 4.78 is 5.97. The van der Waals surface area contributed by atoms with Gasteiger partial charge in [-0.2, -0.15) is 4.57 Å². The smallest absolute Gasteiger partial charge is 0.263 e. The van der Waals surface area contributed by atoms with Crippen LogP contribution in [0.5, 0.6) is 0 Å². The zero-order valence-electron chi connectivity index (χ0n) is 13.3. The van der Waals surface area contributed by atoms with Crippen molar-refractivity contribution >= 4 is 31.8 Å². The SMILES string of the molecule is c1ccc(-n2c3[n+](c4sc5cnccc5c42)Cc2cccnc2-3)cc1. The zero-order chi connectivity index (χ0) is 16.4. The number of aromatic nitrogens is 4. The number of imidazole rings is 1. The van der Waals surface area contributed by atoms with Gasteiger partial charge in [-0.05, 0) is 24.3 Å². The van der Waals surface area contributed by atoms with Crippen molar-refractivity contribution in [3.8, 4) is 17.2 Å². The van der Waals surface area contributed by atoms with E-state index in [0.717, 1.165) is 17.9 Å². The summed E-state index contributed by atoms with van der Waals surface area (Å²) in [4.78, 5) is 10.3. The number of para-hydroxylation sites is 1. The van der Waals surface area contributed by atoms with Gasteiger partial charge in [-0.1, -0.05) is 35.6 Å². The topological polar surface area (TPSA) is 34.6 Å². The molecule has 5 aromatic rings. The van der Waals surface area contributed by atoms with E-state index in [1.54, 1.807) is 11.3 Å². The summed E-state index contributed by atoms with van der Waals surface area (Å²) in [5.41, 5.74) is 4.77. The molecule has 4 nitrogen and oxygen atoms in total. The molecule has 1 aliphatic rings. The van der Waals surface area contributed by atoms with Crippen LogP contribution >= 0.6 is 11.3 Å². The lowest BCUT2D eigenvalue weighted by molar-refractivity contribution is -0.643. The normalized spacial score (nSPS) is 12.6. The Balaban J connectivity index is 1.84. The second-order valence-corrected chi connectivity index (χ2v) is 7.25. The third-order valence-corrected chi connectivity index (χ3v) is 5.98. The quantitative estimate of drug-likeness (QED) is 0.424. The second kappa shape index (κ2) is 4.74. The van der Waals surface area contributed by atoms with E-state index in [1.165, 1.54) is 31.8 Å². The molecule has 6 rings (SSSR count). The first-order chi connectivity index (χ1) is 12.4. The van der Waals surface area contributed by atoms with Gasteiger partial charge in [0.05, 0.1) is 4.70 Å². The van der Waals surface area contributed by atoms with Crippen molar-refractivity contribution in [1.29, 1.82) is 0 Å². The van der Waals surface area contributed by atoms with E-state index in [4.69, 9.17) is 4.98 Å². The average molecular weight is 341 g/mol. The lowest BCUT2D eigenvalue weighted by atomic mass is 10.2. The summed E-state index contributed by atoms with van der Waals surface area (Å²) in [6, 6.07) is 16.8. The first-order valence-electron chi connectivity index (χ1n) is 8.22. The summed E-state index contributed by atoms with van der Waals surface area (Å²) in [5, 5.41) is 1.25. The van der Waals surface area contributed by atoms with Crippen LogP contribution in [0.1, 0.15) is 5.56 Å². The van der Waals surface area contributed by atoms with Gasteiger partial charge in [0, 0.05) is 29.5 Å². The molecular formula is C20H13N4S+. The molecule has 1 aromatic carbocycles. The minimum absolute atomic E-state index is 0.870. The number of pyridine rings is 2. The molecule has 0 fully saturated rings. The van der Waals surface area contributed by atoms with Gasteiger partial charge in [-0.15, -0.1) is 0 Å². The molecule has 25 heavy (non-hydrogen) atoms. The second-order valence-electron chi connectivity index (χ2n) is 6.22. The highest BCUT2D eigenvalue weighted by Crippen LogP contribution is 2.39. The first kappa shape index (κ1) is 13.3. The van der Waals surface area contributed by atoms with Gasteiger partial charge in [0.15, 0.2) is 11.2 Å². The summed E-state index contributed by atoms with van der Waals surface area (Å²) >= 11 is 1.80. The van der Waals surface area contributed by atoms with E-state index in [-0.39, 0.29) is 0 Å². The van der Waals surface area contributed by atoms with Gasteiger partial charge in [-0.3, -0.25) is 4.98 Å². The Morgan fingerprint density at radius 3 is 2.84 bits per heavy atom. The highest BCUT2D eigenvalue weighted by Gasteiger charge is 2.37. The third-order valence-electron chi connectivity index (χ3n) is 4.83. The largest absolute Gasteiger partial charge is 0.315 e. The van der Waals surface area contributed by atoms with Crippen molar-refractivity contribution in [3.05, 3.63) is 72.7 Å². The van der Waals surface area contributed by atoms with Crippen LogP contribution in [0.3, 0.4) is 0 Å². The maximum atomic E-state index is 4.69. The van der Waals surface area contributed by atoms with E-state index in [0.29, 0.717) is 0 Å². The van der Waals surface area contributed by atoms with Gasteiger partial charge >= 0.3 is 5.82 Å². The maximum Gasteiger partial charge on any atom is 0.315 e. The average Bonchev–Trinajstić information content (AvgIpc) is 3.30. The fourth-order valence-electron chi connectivity index (χ4n) is 3.79. The fourth-order valence-corrected chi connectivity index (χ4v) is 4.95. The monoisotopic (exact) mass is 341 g/mol. The van der Waals surface area contributed by atoms with Crippen molar-refractivity contribution in [2.24, 2.45) is 0 Å². The summed E-state index contributed by atoms with van der Waals surface area (Å²) in [5.74, 6) is 1.17. The molecular weight excluding hydrogens is 328 g/mol. The number of rotatable bonds is 1. The summed E-state index contributed by atoms with van der Waals surface area (Å²) in [7, 11) is 0. The first-order valence-corrected chi connectivity index (χ1v) is 9.04. The minimum Gasteiger partial charge on any atom is -0.263 e. The van der Waals surface area contributed by atoms with E-state index in [2.05, 4.69) is 56.6 Å². The molecule has 0 N–H and O–H groups in total. The van der Waals surface area contributed by atoms with Crippen LogP contribution in [0.15, 0.2) is 67.1 Å². The Hall–Kier alpha value is -3.05. The highest BCUT2D eigenvalue weighted by atomic mass is 32.1. The lowest BCUT2D eigenvalue weighted by Crippen LogP contribution is -2.30. The Kier molecular flexibility index (Phi) is 2.51. The Bertz CT molecular complexity index is 1270. The van der Waals surface area contributed by atoms with Crippen LogP contribution in [-0.4, -0.2) is 14.5 Å². The van der Waals surface area contributed by atoms with Crippen molar-refractivity contribution < 1.29 is 4.57 Å². The van der Waals surface area contributed by atoms with E-state index < -0.39 is 0 Å². The molecule has 0 amide bonds. The van der Waals surface area contributed by atoms with Crippen LogP contribution < -0.4 is 4.57 Å². The Labute approximate surface area is 147 Å². The molecule has 0 radical (unpaired) electrons. The van der Waals surface area contributed by atoms with E-state index in [9.17, 15) is 0 Å². The molecule has 0 spiro atoms. The van der Waals surface area contributed by atoms with Crippen LogP contribution in [0, 0.1) is 0 Å². The molecule has 0 saturated carbocycles. The molecule has 5 heterocycles. The van der Waals surface area contributed by atoms with Crippen LogP contribution in [0.25, 0.3) is 37.6 Å². The van der Waals surface area contributed by atoms with Crippen molar-refractivity contribution in [1.82, 2.24) is 14.5 Å². The molecule has 0 aliphatic carbocycles. The molecule has 1 aliphatic heterocycles. The number of hydrogen-bond acceptors (Lipinski definition) is 3. The Morgan fingerprint density at radius 2 is 1.92 bits per heavy atom. The number of fused-ring (bicyclic) bond motifs is 7. The molecule has 4 aromatic heterocycles. The standard InChI is InChI=1S/C20H13N4S/c1-2-6-14(7-3-1)24-18-15-8-10-21-11-16(15)25-20(18)23-12-13-5-4-9-22-17(13)19(23)24/h1-11H,12H2/q+1. The number of benzene rings is 1. The number of hydrogen-bond donors (Lipinski definition) is 0. The van der Waals surface area contributed by atoms with Crippen molar-refractivity contribution in [2.75, 3.05) is 0 Å². The Morgan fingerprint density at radius 1 is 1.00 bits per heavy atom. The predicted molar refractivity (Wildman–Crippen MR) is 99.0 cm³/mol. The van der Waals surface area contributed by atoms with E-state index >= 15 is 0 Å². The molecule has 0 bridgehead atoms. The van der Waals surface area contributed by atoms with Crippen LogP contribution in [-0.2, 0) is 6.54 Å². The number of thiophene rings is 1. The third kappa shape index (κ3) is 1.68.